The summed E-state index contributed by atoms with van der Waals surface area (Å²) in [4.78, 5) is 34.8. The number of carbonyl (C=O) groups excluding carboxylic acids is 1. The summed E-state index contributed by atoms with van der Waals surface area (Å²) >= 11 is 0. The van der Waals surface area contributed by atoms with Crippen molar-refractivity contribution in [1.82, 2.24) is 9.88 Å². The summed E-state index contributed by atoms with van der Waals surface area (Å²) in [7, 11) is 3.92. The molecule has 1 amide bonds. The van der Waals surface area contributed by atoms with E-state index in [4.69, 9.17) is 9.15 Å². The average Bonchev–Trinajstić information content (AvgIpc) is 2.72. The van der Waals surface area contributed by atoms with Crippen LogP contribution in [-0.4, -0.2) is 62.9 Å². The minimum Gasteiger partial charge on any atom is -0.453 e. The third kappa shape index (κ3) is 3.70. The molecule has 0 saturated carbocycles. The SMILES string of the molecule is CCOC(=O)N1CCN(c2cc3oc4cc(N(C)C)ccc4nc-3c(=O)c2)CC1. The third-order valence-electron chi connectivity index (χ3n) is 5.11. The molecule has 4 rings (SSSR count). The zero-order chi connectivity index (χ0) is 20.5. The van der Waals surface area contributed by atoms with E-state index in [9.17, 15) is 9.59 Å². The normalized spacial score (nSPS) is 14.4. The first kappa shape index (κ1) is 19.0. The first-order valence-electron chi connectivity index (χ1n) is 9.69. The van der Waals surface area contributed by atoms with Crippen LogP contribution in [0.1, 0.15) is 6.92 Å². The molecule has 0 N–H and O–H groups in total. The lowest BCUT2D eigenvalue weighted by Gasteiger charge is -2.35. The minimum absolute atomic E-state index is 0.173. The van der Waals surface area contributed by atoms with Crippen LogP contribution in [0.5, 0.6) is 0 Å². The molecule has 1 aromatic carbocycles. The van der Waals surface area contributed by atoms with E-state index in [0.29, 0.717) is 55.3 Å². The smallest absolute Gasteiger partial charge is 0.409 e. The van der Waals surface area contributed by atoms with Gasteiger partial charge in [-0.25, -0.2) is 9.78 Å². The van der Waals surface area contributed by atoms with Gasteiger partial charge in [-0.1, -0.05) is 0 Å². The number of piperazine rings is 1. The van der Waals surface area contributed by atoms with Gasteiger partial charge in [-0.2, -0.15) is 0 Å². The fourth-order valence-corrected chi connectivity index (χ4v) is 3.50. The molecule has 2 aliphatic heterocycles. The number of anilines is 2. The Morgan fingerprint density at radius 3 is 2.62 bits per heavy atom. The van der Waals surface area contributed by atoms with E-state index in [1.165, 1.54) is 0 Å². The number of carbonyl (C=O) groups is 1. The average molecular weight is 396 g/mol. The summed E-state index contributed by atoms with van der Waals surface area (Å²) in [5.41, 5.74) is 3.20. The maximum atomic E-state index is 12.7. The molecule has 1 fully saturated rings. The van der Waals surface area contributed by atoms with E-state index >= 15 is 0 Å². The summed E-state index contributed by atoms with van der Waals surface area (Å²) in [6.45, 7) is 4.49. The second kappa shape index (κ2) is 7.62. The highest BCUT2D eigenvalue weighted by atomic mass is 16.6. The maximum Gasteiger partial charge on any atom is 0.409 e. The Morgan fingerprint density at radius 1 is 1.17 bits per heavy atom. The van der Waals surface area contributed by atoms with E-state index < -0.39 is 0 Å². The largest absolute Gasteiger partial charge is 0.453 e. The van der Waals surface area contributed by atoms with Crippen LogP contribution in [0.2, 0.25) is 0 Å². The van der Waals surface area contributed by atoms with Crippen LogP contribution >= 0.6 is 0 Å². The monoisotopic (exact) mass is 396 g/mol. The second-order valence-electron chi connectivity index (χ2n) is 7.22. The van der Waals surface area contributed by atoms with Crippen LogP contribution in [0.15, 0.2) is 39.5 Å². The van der Waals surface area contributed by atoms with Gasteiger partial charge in [0.1, 0.15) is 5.52 Å². The molecule has 8 nitrogen and oxygen atoms in total. The number of amides is 1. The van der Waals surface area contributed by atoms with Crippen molar-refractivity contribution in [1.29, 1.82) is 0 Å². The summed E-state index contributed by atoms with van der Waals surface area (Å²) in [5, 5.41) is 0. The van der Waals surface area contributed by atoms with Crippen molar-refractivity contribution in [2.45, 2.75) is 6.92 Å². The zero-order valence-corrected chi connectivity index (χ0v) is 16.8. The van der Waals surface area contributed by atoms with Gasteiger partial charge in [-0.3, -0.25) is 4.79 Å². The van der Waals surface area contributed by atoms with Crippen molar-refractivity contribution in [3.63, 3.8) is 0 Å². The van der Waals surface area contributed by atoms with E-state index in [0.717, 1.165) is 11.4 Å². The van der Waals surface area contributed by atoms with E-state index in [-0.39, 0.29) is 11.5 Å². The molecule has 29 heavy (non-hydrogen) atoms. The highest BCUT2D eigenvalue weighted by Gasteiger charge is 2.24. The number of hydrogen-bond donors (Lipinski definition) is 0. The number of fused-ring (bicyclic) bond motifs is 2. The Morgan fingerprint density at radius 2 is 1.93 bits per heavy atom. The van der Waals surface area contributed by atoms with Crippen molar-refractivity contribution < 1.29 is 13.9 Å². The van der Waals surface area contributed by atoms with Crippen molar-refractivity contribution in [2.75, 3.05) is 56.7 Å². The van der Waals surface area contributed by atoms with E-state index in [1.54, 1.807) is 17.9 Å². The zero-order valence-electron chi connectivity index (χ0n) is 16.8. The molecular weight excluding hydrogens is 372 g/mol. The highest BCUT2D eigenvalue weighted by Crippen LogP contribution is 2.29. The topological polar surface area (TPSA) is 79.1 Å². The Hall–Kier alpha value is -3.29. The first-order valence-corrected chi connectivity index (χ1v) is 9.69. The van der Waals surface area contributed by atoms with Crippen LogP contribution in [0.25, 0.3) is 22.6 Å². The molecule has 0 radical (unpaired) electrons. The van der Waals surface area contributed by atoms with Crippen LogP contribution < -0.4 is 15.2 Å². The van der Waals surface area contributed by atoms with Crippen LogP contribution in [0.4, 0.5) is 16.2 Å². The molecule has 2 heterocycles. The number of benzene rings is 2. The van der Waals surface area contributed by atoms with Gasteiger partial charge in [0.25, 0.3) is 0 Å². The quantitative estimate of drug-likeness (QED) is 0.630. The number of aromatic nitrogens is 1. The number of ether oxygens (including phenoxy) is 1. The summed E-state index contributed by atoms with van der Waals surface area (Å²) in [6.07, 6.45) is -0.294. The number of rotatable bonds is 3. The molecule has 1 aliphatic carbocycles. The molecule has 0 atom stereocenters. The lowest BCUT2D eigenvalue weighted by Crippen LogP contribution is -2.49. The van der Waals surface area contributed by atoms with Gasteiger partial charge < -0.3 is 23.9 Å². The molecule has 3 aliphatic rings. The molecule has 0 spiro atoms. The molecule has 1 saturated heterocycles. The predicted octanol–water partition coefficient (Wildman–Crippen LogP) is 2.64. The molecular formula is C21H24N4O4. The van der Waals surface area contributed by atoms with Gasteiger partial charge in [0.2, 0.25) is 5.43 Å². The lowest BCUT2D eigenvalue weighted by molar-refractivity contribution is 0.105. The van der Waals surface area contributed by atoms with Crippen LogP contribution in [0, 0.1) is 0 Å². The van der Waals surface area contributed by atoms with Gasteiger partial charge in [0.05, 0.1) is 6.61 Å². The summed E-state index contributed by atoms with van der Waals surface area (Å²) in [5.74, 6) is 0.462. The molecule has 1 aromatic rings. The maximum absolute atomic E-state index is 12.7. The number of nitrogens with zero attached hydrogens (tertiary/aromatic N) is 4. The van der Waals surface area contributed by atoms with Gasteiger partial charge in [0, 0.05) is 69.8 Å². The highest BCUT2D eigenvalue weighted by molar-refractivity contribution is 5.80. The van der Waals surface area contributed by atoms with Gasteiger partial charge in [-0.05, 0) is 19.1 Å². The third-order valence-corrected chi connectivity index (χ3v) is 5.11. The second-order valence-corrected chi connectivity index (χ2v) is 7.22. The summed E-state index contributed by atoms with van der Waals surface area (Å²) in [6, 6.07) is 9.15. The summed E-state index contributed by atoms with van der Waals surface area (Å²) < 4.78 is 11.1. The van der Waals surface area contributed by atoms with Crippen LogP contribution in [-0.2, 0) is 4.74 Å². The van der Waals surface area contributed by atoms with Crippen LogP contribution in [0.3, 0.4) is 0 Å². The minimum atomic E-state index is -0.294. The fourth-order valence-electron chi connectivity index (χ4n) is 3.50. The van der Waals surface area contributed by atoms with Crippen molar-refractivity contribution in [3.8, 4) is 11.5 Å². The lowest BCUT2D eigenvalue weighted by atomic mass is 10.1. The number of hydrogen-bond acceptors (Lipinski definition) is 7. The van der Waals surface area contributed by atoms with E-state index in [1.807, 2.05) is 43.3 Å². The predicted molar refractivity (Wildman–Crippen MR) is 112 cm³/mol. The van der Waals surface area contributed by atoms with Crippen molar-refractivity contribution >= 4 is 28.6 Å². The van der Waals surface area contributed by atoms with Crippen molar-refractivity contribution in [3.05, 3.63) is 40.6 Å². The van der Waals surface area contributed by atoms with Crippen molar-refractivity contribution in [2.24, 2.45) is 0 Å². The van der Waals surface area contributed by atoms with Gasteiger partial charge in [0.15, 0.2) is 17.0 Å². The molecule has 0 bridgehead atoms. The first-order chi connectivity index (χ1) is 14.0. The molecule has 0 aromatic heterocycles. The Balaban J connectivity index is 1.64. The van der Waals surface area contributed by atoms with E-state index in [2.05, 4.69) is 9.88 Å². The van der Waals surface area contributed by atoms with Gasteiger partial charge in [-0.15, -0.1) is 0 Å². The fraction of sp³-hybridized carbons (Fsp3) is 0.381. The molecule has 152 valence electrons. The molecule has 8 heteroatoms. The molecule has 0 unspecified atom stereocenters. The Kier molecular flexibility index (Phi) is 5.00. The standard InChI is InChI=1S/C21H24N4O4/c1-4-28-21(27)25-9-7-24(8-10-25)15-11-17(26)20-19(13-15)29-18-12-14(23(2)3)5-6-16(18)22-20/h5-6,11-13H,4,7-10H2,1-3H3. The Labute approximate surface area is 168 Å². The Bertz CT molecular complexity index is 1070. The van der Waals surface area contributed by atoms with Gasteiger partial charge >= 0.3 is 6.09 Å².